The fraction of sp³-hybridized carbons (Fsp3) is 0.273. The maximum absolute atomic E-state index is 11.5. The highest BCUT2D eigenvalue weighted by molar-refractivity contribution is 6.33. The average Bonchev–Trinajstić information content (AvgIpc) is 2.30. The number of nitrogens with one attached hydrogen (secondary N) is 1. The Balaban J connectivity index is 2.89. The number of nitrogens with two attached hydrogens (primary N) is 1. The molecule has 0 aliphatic carbocycles. The number of amides is 1. The predicted molar refractivity (Wildman–Crippen MR) is 63.1 cm³/mol. The number of carbonyl (C=O) groups is 1. The van der Waals surface area contributed by atoms with Crippen LogP contribution in [0.4, 0.5) is 5.69 Å². The van der Waals surface area contributed by atoms with Crippen LogP contribution in [0.5, 0.6) is 0 Å². The predicted octanol–water partition coefficient (Wildman–Crippen LogP) is 1.89. The van der Waals surface area contributed by atoms with Gasteiger partial charge in [0.15, 0.2) is 0 Å². The summed E-state index contributed by atoms with van der Waals surface area (Å²) in [4.78, 5) is 11.5. The van der Waals surface area contributed by atoms with Crippen LogP contribution in [-0.2, 0) is 4.79 Å². The van der Waals surface area contributed by atoms with E-state index in [4.69, 9.17) is 22.6 Å². The molecule has 0 spiro atoms. The average molecular weight is 238 g/mol. The Morgan fingerprint density at radius 1 is 1.69 bits per heavy atom. The van der Waals surface area contributed by atoms with E-state index in [1.165, 1.54) is 6.07 Å². The standard InChI is InChI=1S/C11H12ClN3O/c1-2-9(14)11(16)15-10-5-7(6-13)3-4-8(10)12/h3-5,9H,2,14H2,1H3,(H,15,16). The number of hydrogen-bond acceptors (Lipinski definition) is 3. The molecule has 0 aromatic heterocycles. The lowest BCUT2D eigenvalue weighted by Crippen LogP contribution is -2.34. The first-order valence-corrected chi connectivity index (χ1v) is 5.22. The van der Waals surface area contributed by atoms with Gasteiger partial charge in [-0.25, -0.2) is 0 Å². The van der Waals surface area contributed by atoms with Crippen molar-refractivity contribution in [2.24, 2.45) is 5.73 Å². The van der Waals surface area contributed by atoms with Crippen molar-refractivity contribution >= 4 is 23.2 Å². The highest BCUT2D eigenvalue weighted by atomic mass is 35.5. The molecule has 0 fully saturated rings. The van der Waals surface area contributed by atoms with E-state index < -0.39 is 6.04 Å². The first-order valence-electron chi connectivity index (χ1n) is 4.84. The Kier molecular flexibility index (Phi) is 4.29. The third-order valence-electron chi connectivity index (χ3n) is 2.13. The number of nitrogens with zero attached hydrogens (tertiary/aromatic N) is 1. The summed E-state index contributed by atoms with van der Waals surface area (Å²) in [5.41, 5.74) is 6.41. The minimum Gasteiger partial charge on any atom is -0.323 e. The van der Waals surface area contributed by atoms with Gasteiger partial charge in [0.05, 0.1) is 28.4 Å². The molecule has 1 aromatic carbocycles. The maximum Gasteiger partial charge on any atom is 0.241 e. The molecule has 0 radical (unpaired) electrons. The highest BCUT2D eigenvalue weighted by Gasteiger charge is 2.12. The van der Waals surface area contributed by atoms with Gasteiger partial charge in [-0.05, 0) is 24.6 Å². The van der Waals surface area contributed by atoms with Crippen LogP contribution in [0, 0.1) is 11.3 Å². The van der Waals surface area contributed by atoms with Crippen molar-refractivity contribution in [3.63, 3.8) is 0 Å². The molecule has 0 saturated carbocycles. The zero-order valence-corrected chi connectivity index (χ0v) is 9.58. The summed E-state index contributed by atoms with van der Waals surface area (Å²) in [7, 11) is 0. The first kappa shape index (κ1) is 12.5. The van der Waals surface area contributed by atoms with E-state index in [9.17, 15) is 4.79 Å². The molecule has 1 atom stereocenters. The zero-order valence-electron chi connectivity index (χ0n) is 8.83. The molecule has 1 aromatic rings. The van der Waals surface area contributed by atoms with Crippen LogP contribution in [0.1, 0.15) is 18.9 Å². The summed E-state index contributed by atoms with van der Waals surface area (Å²) in [6.07, 6.45) is 0.543. The molecule has 0 saturated heterocycles. The van der Waals surface area contributed by atoms with Gasteiger partial charge in [-0.1, -0.05) is 18.5 Å². The van der Waals surface area contributed by atoms with Crippen molar-refractivity contribution in [1.29, 1.82) is 5.26 Å². The fourth-order valence-corrected chi connectivity index (χ4v) is 1.27. The van der Waals surface area contributed by atoms with Crippen molar-refractivity contribution in [3.8, 4) is 6.07 Å². The van der Waals surface area contributed by atoms with Crippen LogP contribution < -0.4 is 11.1 Å². The van der Waals surface area contributed by atoms with Crippen molar-refractivity contribution in [1.82, 2.24) is 0 Å². The molecule has 1 unspecified atom stereocenters. The Labute approximate surface area is 99.0 Å². The van der Waals surface area contributed by atoms with Crippen LogP contribution in [0.25, 0.3) is 0 Å². The van der Waals surface area contributed by atoms with E-state index in [1.807, 2.05) is 13.0 Å². The third kappa shape index (κ3) is 2.96. The highest BCUT2D eigenvalue weighted by Crippen LogP contribution is 2.22. The van der Waals surface area contributed by atoms with Gasteiger partial charge >= 0.3 is 0 Å². The SMILES string of the molecule is CCC(N)C(=O)Nc1cc(C#N)ccc1Cl. The molecular weight excluding hydrogens is 226 g/mol. The Bertz CT molecular complexity index is 439. The molecule has 0 aliphatic heterocycles. The van der Waals surface area contributed by atoms with Crippen LogP contribution in [-0.4, -0.2) is 11.9 Å². The lowest BCUT2D eigenvalue weighted by atomic mass is 10.2. The largest absolute Gasteiger partial charge is 0.323 e. The molecule has 16 heavy (non-hydrogen) atoms. The van der Waals surface area contributed by atoms with Crippen LogP contribution >= 0.6 is 11.6 Å². The summed E-state index contributed by atoms with van der Waals surface area (Å²) in [5, 5.41) is 11.7. The lowest BCUT2D eigenvalue weighted by Gasteiger charge is -2.11. The molecule has 3 N–H and O–H groups in total. The quantitative estimate of drug-likeness (QED) is 0.843. The maximum atomic E-state index is 11.5. The van der Waals surface area contributed by atoms with E-state index in [-0.39, 0.29) is 5.91 Å². The van der Waals surface area contributed by atoms with Crippen LogP contribution in [0.15, 0.2) is 18.2 Å². The number of rotatable bonds is 3. The first-order chi connectivity index (χ1) is 7.58. The van der Waals surface area contributed by atoms with Gasteiger partial charge in [0.25, 0.3) is 0 Å². The molecule has 1 rings (SSSR count). The number of nitriles is 1. The van der Waals surface area contributed by atoms with E-state index in [2.05, 4.69) is 5.32 Å². The minimum atomic E-state index is -0.568. The molecule has 0 heterocycles. The van der Waals surface area contributed by atoms with Gasteiger partial charge in [-0.15, -0.1) is 0 Å². The van der Waals surface area contributed by atoms with Gasteiger partial charge in [0.1, 0.15) is 0 Å². The Morgan fingerprint density at radius 2 is 2.38 bits per heavy atom. The van der Waals surface area contributed by atoms with Gasteiger partial charge in [-0.3, -0.25) is 4.79 Å². The van der Waals surface area contributed by atoms with E-state index in [0.29, 0.717) is 22.7 Å². The molecule has 0 bridgehead atoms. The van der Waals surface area contributed by atoms with Crippen molar-refractivity contribution in [3.05, 3.63) is 28.8 Å². The normalized spacial score (nSPS) is 11.6. The van der Waals surface area contributed by atoms with Crippen molar-refractivity contribution < 1.29 is 4.79 Å². The second-order valence-corrected chi connectivity index (χ2v) is 3.72. The summed E-state index contributed by atoms with van der Waals surface area (Å²) in [6.45, 7) is 1.82. The van der Waals surface area contributed by atoms with Gasteiger partial charge in [0.2, 0.25) is 5.91 Å². The molecule has 84 valence electrons. The van der Waals surface area contributed by atoms with E-state index in [1.54, 1.807) is 12.1 Å². The van der Waals surface area contributed by atoms with Crippen molar-refractivity contribution in [2.45, 2.75) is 19.4 Å². The van der Waals surface area contributed by atoms with Gasteiger partial charge < -0.3 is 11.1 Å². The van der Waals surface area contributed by atoms with Crippen LogP contribution in [0.2, 0.25) is 5.02 Å². The number of carbonyl (C=O) groups excluding carboxylic acids is 1. The molecule has 0 aliphatic rings. The third-order valence-corrected chi connectivity index (χ3v) is 2.46. The topological polar surface area (TPSA) is 78.9 Å². The monoisotopic (exact) mass is 237 g/mol. The number of halogens is 1. The van der Waals surface area contributed by atoms with E-state index in [0.717, 1.165) is 0 Å². The van der Waals surface area contributed by atoms with E-state index >= 15 is 0 Å². The van der Waals surface area contributed by atoms with Gasteiger partial charge in [0, 0.05) is 0 Å². The van der Waals surface area contributed by atoms with Gasteiger partial charge in [-0.2, -0.15) is 5.26 Å². The number of anilines is 1. The fourth-order valence-electron chi connectivity index (χ4n) is 1.10. The zero-order chi connectivity index (χ0) is 12.1. The Morgan fingerprint density at radius 3 is 2.94 bits per heavy atom. The molecule has 1 amide bonds. The molecular formula is C11H12ClN3O. The smallest absolute Gasteiger partial charge is 0.241 e. The van der Waals surface area contributed by atoms with Crippen molar-refractivity contribution in [2.75, 3.05) is 5.32 Å². The molecule has 5 heteroatoms. The number of benzene rings is 1. The summed E-state index contributed by atoms with van der Waals surface area (Å²) in [5.74, 6) is -0.306. The number of hydrogen-bond donors (Lipinski definition) is 2. The summed E-state index contributed by atoms with van der Waals surface area (Å²) >= 11 is 5.88. The molecule has 4 nitrogen and oxygen atoms in total. The second-order valence-electron chi connectivity index (χ2n) is 3.31. The summed E-state index contributed by atoms with van der Waals surface area (Å²) < 4.78 is 0. The minimum absolute atomic E-state index is 0.306. The van der Waals surface area contributed by atoms with Crippen LogP contribution in [0.3, 0.4) is 0 Å². The lowest BCUT2D eigenvalue weighted by molar-refractivity contribution is -0.117. The second kappa shape index (κ2) is 5.50. The summed E-state index contributed by atoms with van der Waals surface area (Å²) in [6, 6.07) is 6.06. The Hall–Kier alpha value is -1.57.